The van der Waals surface area contributed by atoms with E-state index in [1.54, 1.807) is 24.3 Å². The summed E-state index contributed by atoms with van der Waals surface area (Å²) in [7, 11) is 0. The SMILES string of the molecule is O=C(Nc1ccccc1)c1ccc(NC[C@H](O)C2CC2)nn1. The fraction of sp³-hybridized carbons (Fsp3) is 0.312. The van der Waals surface area contributed by atoms with E-state index in [-0.39, 0.29) is 17.7 Å². The van der Waals surface area contributed by atoms with Gasteiger partial charge in [0.2, 0.25) is 0 Å². The van der Waals surface area contributed by atoms with Gasteiger partial charge in [-0.1, -0.05) is 18.2 Å². The number of benzene rings is 1. The Bertz CT molecular complexity index is 626. The number of rotatable bonds is 6. The van der Waals surface area contributed by atoms with E-state index < -0.39 is 0 Å². The van der Waals surface area contributed by atoms with Crippen molar-refractivity contribution in [2.24, 2.45) is 5.92 Å². The largest absolute Gasteiger partial charge is 0.391 e. The van der Waals surface area contributed by atoms with E-state index in [1.165, 1.54) is 0 Å². The molecular formula is C16H18N4O2. The van der Waals surface area contributed by atoms with Crippen LogP contribution in [0.1, 0.15) is 23.3 Å². The summed E-state index contributed by atoms with van der Waals surface area (Å²) in [5.74, 6) is 0.663. The van der Waals surface area contributed by atoms with Crippen LogP contribution in [0, 0.1) is 5.92 Å². The maximum Gasteiger partial charge on any atom is 0.276 e. The van der Waals surface area contributed by atoms with E-state index in [2.05, 4.69) is 20.8 Å². The van der Waals surface area contributed by atoms with Gasteiger partial charge in [-0.2, -0.15) is 0 Å². The molecule has 0 unspecified atom stereocenters. The van der Waals surface area contributed by atoms with Gasteiger partial charge >= 0.3 is 0 Å². The molecule has 1 heterocycles. The van der Waals surface area contributed by atoms with E-state index in [1.807, 2.05) is 18.2 Å². The molecule has 1 aliphatic carbocycles. The fourth-order valence-electron chi connectivity index (χ4n) is 2.12. The molecule has 1 aromatic carbocycles. The van der Waals surface area contributed by atoms with Crippen LogP contribution in [0.5, 0.6) is 0 Å². The van der Waals surface area contributed by atoms with Crippen LogP contribution in [0.25, 0.3) is 0 Å². The topological polar surface area (TPSA) is 87.1 Å². The number of hydrogen-bond donors (Lipinski definition) is 3. The standard InChI is InChI=1S/C16H18N4O2/c21-14(11-6-7-11)10-17-15-9-8-13(19-20-15)16(22)18-12-4-2-1-3-5-12/h1-5,8-9,11,14,21H,6-7,10H2,(H,17,20)(H,18,22)/t14-/m0/s1. The summed E-state index contributed by atoms with van der Waals surface area (Å²) in [4.78, 5) is 12.0. The maximum absolute atomic E-state index is 12.0. The van der Waals surface area contributed by atoms with E-state index in [0.29, 0.717) is 24.0 Å². The van der Waals surface area contributed by atoms with E-state index >= 15 is 0 Å². The molecule has 1 amide bonds. The first-order valence-corrected chi connectivity index (χ1v) is 7.34. The zero-order chi connectivity index (χ0) is 15.4. The maximum atomic E-state index is 12.0. The number of carbonyl (C=O) groups is 1. The van der Waals surface area contributed by atoms with Gasteiger partial charge in [0.05, 0.1) is 6.10 Å². The summed E-state index contributed by atoms with van der Waals surface area (Å²) >= 11 is 0. The van der Waals surface area contributed by atoms with Crippen molar-refractivity contribution in [2.75, 3.05) is 17.2 Å². The Morgan fingerprint density at radius 1 is 1.18 bits per heavy atom. The van der Waals surface area contributed by atoms with Crippen molar-refractivity contribution in [3.63, 3.8) is 0 Å². The van der Waals surface area contributed by atoms with Crippen molar-refractivity contribution in [1.82, 2.24) is 10.2 Å². The Labute approximate surface area is 128 Å². The van der Waals surface area contributed by atoms with E-state index in [4.69, 9.17) is 0 Å². The lowest BCUT2D eigenvalue weighted by Gasteiger charge is -2.10. The van der Waals surface area contributed by atoms with Gasteiger partial charge in [-0.05, 0) is 43.0 Å². The Morgan fingerprint density at radius 3 is 2.59 bits per heavy atom. The molecule has 6 heteroatoms. The van der Waals surface area contributed by atoms with Crippen LogP contribution in [0.15, 0.2) is 42.5 Å². The van der Waals surface area contributed by atoms with E-state index in [0.717, 1.165) is 12.8 Å². The number of aromatic nitrogens is 2. The van der Waals surface area contributed by atoms with Crippen molar-refractivity contribution in [3.8, 4) is 0 Å². The van der Waals surface area contributed by atoms with Gasteiger partial charge in [0.1, 0.15) is 5.82 Å². The van der Waals surface area contributed by atoms with Crippen molar-refractivity contribution in [2.45, 2.75) is 18.9 Å². The average Bonchev–Trinajstić information content (AvgIpc) is 3.39. The van der Waals surface area contributed by atoms with Gasteiger partial charge in [-0.15, -0.1) is 10.2 Å². The quantitative estimate of drug-likeness (QED) is 0.758. The third kappa shape index (κ3) is 3.79. The van der Waals surface area contributed by atoms with Crippen LogP contribution in [-0.4, -0.2) is 33.9 Å². The lowest BCUT2D eigenvalue weighted by molar-refractivity contribution is 0.102. The van der Waals surface area contributed by atoms with Gasteiger partial charge < -0.3 is 15.7 Å². The first-order chi connectivity index (χ1) is 10.7. The number of nitrogens with zero attached hydrogens (tertiary/aromatic N) is 2. The summed E-state index contributed by atoms with van der Waals surface area (Å²) in [6.45, 7) is 0.453. The number of aliphatic hydroxyl groups is 1. The molecule has 1 atom stereocenters. The predicted molar refractivity (Wildman–Crippen MR) is 83.6 cm³/mol. The summed E-state index contributed by atoms with van der Waals surface area (Å²) in [6, 6.07) is 12.5. The Balaban J connectivity index is 1.55. The minimum absolute atomic E-state index is 0.247. The number of nitrogens with one attached hydrogen (secondary N) is 2. The van der Waals surface area contributed by atoms with Crippen LogP contribution in [0.4, 0.5) is 11.5 Å². The summed E-state index contributed by atoms with van der Waals surface area (Å²) < 4.78 is 0. The first kappa shape index (κ1) is 14.5. The average molecular weight is 298 g/mol. The molecule has 2 aromatic rings. The third-order valence-corrected chi connectivity index (χ3v) is 3.59. The van der Waals surface area contributed by atoms with Gasteiger partial charge in [0, 0.05) is 12.2 Å². The molecule has 114 valence electrons. The number of hydrogen-bond acceptors (Lipinski definition) is 5. The highest BCUT2D eigenvalue weighted by Gasteiger charge is 2.29. The number of amides is 1. The Morgan fingerprint density at radius 2 is 1.95 bits per heavy atom. The molecule has 3 N–H and O–H groups in total. The van der Waals surface area contributed by atoms with E-state index in [9.17, 15) is 9.90 Å². The van der Waals surface area contributed by atoms with Gasteiger partial charge in [0.25, 0.3) is 5.91 Å². The van der Waals surface area contributed by atoms with Crippen molar-refractivity contribution in [3.05, 3.63) is 48.2 Å². The molecule has 0 radical (unpaired) electrons. The molecule has 22 heavy (non-hydrogen) atoms. The molecule has 0 aliphatic heterocycles. The number of carbonyl (C=O) groups excluding carboxylic acids is 1. The lowest BCUT2D eigenvalue weighted by atomic mass is 10.2. The van der Waals surface area contributed by atoms with Crippen LogP contribution >= 0.6 is 0 Å². The van der Waals surface area contributed by atoms with Crippen molar-refractivity contribution < 1.29 is 9.90 Å². The highest BCUT2D eigenvalue weighted by molar-refractivity contribution is 6.02. The zero-order valence-electron chi connectivity index (χ0n) is 12.1. The van der Waals surface area contributed by atoms with Crippen LogP contribution in [-0.2, 0) is 0 Å². The fourth-order valence-corrected chi connectivity index (χ4v) is 2.12. The minimum Gasteiger partial charge on any atom is -0.391 e. The predicted octanol–water partition coefficient (Wildman–Crippen LogP) is 1.91. The first-order valence-electron chi connectivity index (χ1n) is 7.34. The van der Waals surface area contributed by atoms with Crippen LogP contribution in [0.3, 0.4) is 0 Å². The number of para-hydroxylation sites is 1. The molecule has 6 nitrogen and oxygen atoms in total. The highest BCUT2D eigenvalue weighted by Crippen LogP contribution is 2.32. The lowest BCUT2D eigenvalue weighted by Crippen LogP contribution is -2.22. The smallest absolute Gasteiger partial charge is 0.276 e. The molecule has 1 aliphatic rings. The normalized spacial score (nSPS) is 15.1. The molecule has 1 fully saturated rings. The number of aliphatic hydroxyl groups excluding tert-OH is 1. The second-order valence-corrected chi connectivity index (χ2v) is 5.41. The summed E-state index contributed by atoms with van der Waals surface area (Å²) in [5, 5.41) is 23.4. The molecular weight excluding hydrogens is 280 g/mol. The Hall–Kier alpha value is -2.47. The second-order valence-electron chi connectivity index (χ2n) is 5.41. The summed E-state index contributed by atoms with van der Waals surface area (Å²) in [5.41, 5.74) is 0.959. The van der Waals surface area contributed by atoms with Crippen LogP contribution < -0.4 is 10.6 Å². The number of anilines is 2. The summed E-state index contributed by atoms with van der Waals surface area (Å²) in [6.07, 6.45) is 1.84. The molecule has 3 rings (SSSR count). The van der Waals surface area contributed by atoms with Gasteiger partial charge in [-0.3, -0.25) is 4.79 Å². The highest BCUT2D eigenvalue weighted by atomic mass is 16.3. The third-order valence-electron chi connectivity index (χ3n) is 3.59. The van der Waals surface area contributed by atoms with Crippen LogP contribution in [0.2, 0.25) is 0 Å². The molecule has 0 bridgehead atoms. The van der Waals surface area contributed by atoms with Gasteiger partial charge in [-0.25, -0.2) is 0 Å². The molecule has 0 spiro atoms. The second kappa shape index (κ2) is 6.53. The zero-order valence-corrected chi connectivity index (χ0v) is 12.1. The van der Waals surface area contributed by atoms with Gasteiger partial charge in [0.15, 0.2) is 5.69 Å². The van der Waals surface area contributed by atoms with Crippen molar-refractivity contribution in [1.29, 1.82) is 0 Å². The molecule has 1 saturated carbocycles. The van der Waals surface area contributed by atoms with Crippen molar-refractivity contribution >= 4 is 17.4 Å². The molecule has 0 saturated heterocycles. The minimum atomic E-state index is -0.345. The molecule has 1 aromatic heterocycles. The Kier molecular flexibility index (Phi) is 4.29. The monoisotopic (exact) mass is 298 g/mol.